The lowest BCUT2D eigenvalue weighted by atomic mass is 10.3. The molecule has 4 nitrogen and oxygen atoms in total. The molecule has 1 rings (SSSR count). The van der Waals surface area contributed by atoms with E-state index < -0.39 is 6.10 Å². The van der Waals surface area contributed by atoms with Gasteiger partial charge in [0, 0.05) is 19.0 Å². The molecule has 1 fully saturated rings. The van der Waals surface area contributed by atoms with Crippen molar-refractivity contribution >= 4 is 17.5 Å². The second-order valence-corrected chi connectivity index (χ2v) is 4.18. The number of amides is 1. The predicted molar refractivity (Wildman–Crippen MR) is 53.5 cm³/mol. The van der Waals surface area contributed by atoms with E-state index in [0.29, 0.717) is 26.4 Å². The first kappa shape index (κ1) is 11.8. The van der Waals surface area contributed by atoms with Crippen LogP contribution in [0.15, 0.2) is 0 Å². The van der Waals surface area contributed by atoms with Crippen LogP contribution in [0.25, 0.3) is 0 Å². The molecule has 0 aromatic carbocycles. The van der Waals surface area contributed by atoms with E-state index >= 15 is 0 Å². The molecule has 1 saturated heterocycles. The fourth-order valence-corrected chi connectivity index (χ4v) is 1.55. The van der Waals surface area contributed by atoms with E-state index in [1.54, 1.807) is 11.9 Å². The van der Waals surface area contributed by atoms with Gasteiger partial charge < -0.3 is 14.4 Å². The summed E-state index contributed by atoms with van der Waals surface area (Å²) < 4.78 is 10.4. The van der Waals surface area contributed by atoms with Crippen LogP contribution in [-0.2, 0) is 14.3 Å². The van der Waals surface area contributed by atoms with Gasteiger partial charge in [0.2, 0.25) is 0 Å². The van der Waals surface area contributed by atoms with Gasteiger partial charge in [-0.3, -0.25) is 4.79 Å². The van der Waals surface area contributed by atoms with E-state index in [9.17, 15) is 4.79 Å². The molecule has 0 radical (unpaired) electrons. The maximum Gasteiger partial charge on any atom is 0.253 e. The monoisotopic (exact) mass is 221 g/mol. The zero-order chi connectivity index (χ0) is 10.6. The maximum absolute atomic E-state index is 11.7. The molecule has 14 heavy (non-hydrogen) atoms. The fraction of sp³-hybridized carbons (Fsp3) is 0.889. The number of nitrogens with zero attached hydrogens (tertiary/aromatic N) is 1. The number of likely N-dealkylation sites (N-methyl/N-ethyl adjacent to an activating group) is 1. The summed E-state index contributed by atoms with van der Waals surface area (Å²) in [6, 6.07) is 0. The standard InChI is InChI=1S/C9H16ClNO3/c1-7(10)5-11(2)9(12)8-6-13-3-4-14-8/h7-8H,3-6H2,1-2H3. The van der Waals surface area contributed by atoms with Crippen LogP contribution in [0.4, 0.5) is 0 Å². The molecular formula is C9H16ClNO3. The Balaban J connectivity index is 2.38. The molecule has 0 spiro atoms. The summed E-state index contributed by atoms with van der Waals surface area (Å²) in [5, 5.41) is -0.0477. The zero-order valence-electron chi connectivity index (χ0n) is 8.53. The van der Waals surface area contributed by atoms with Crippen molar-refractivity contribution in [3.05, 3.63) is 0 Å². The molecule has 1 aliphatic heterocycles. The molecule has 2 atom stereocenters. The highest BCUT2D eigenvalue weighted by atomic mass is 35.5. The second-order valence-electron chi connectivity index (χ2n) is 3.43. The highest BCUT2D eigenvalue weighted by Crippen LogP contribution is 2.06. The molecule has 0 aliphatic carbocycles. The van der Waals surface area contributed by atoms with Gasteiger partial charge in [-0.25, -0.2) is 0 Å². The van der Waals surface area contributed by atoms with Crippen LogP contribution in [0.1, 0.15) is 6.92 Å². The number of hydrogen-bond donors (Lipinski definition) is 0. The van der Waals surface area contributed by atoms with Gasteiger partial charge in [0.25, 0.3) is 5.91 Å². The average Bonchev–Trinajstić information content (AvgIpc) is 2.17. The number of rotatable bonds is 3. The highest BCUT2D eigenvalue weighted by Gasteiger charge is 2.25. The van der Waals surface area contributed by atoms with Crippen molar-refractivity contribution < 1.29 is 14.3 Å². The van der Waals surface area contributed by atoms with Gasteiger partial charge in [0.1, 0.15) is 0 Å². The van der Waals surface area contributed by atoms with Gasteiger partial charge in [-0.05, 0) is 6.92 Å². The van der Waals surface area contributed by atoms with Crippen molar-refractivity contribution in [1.29, 1.82) is 0 Å². The van der Waals surface area contributed by atoms with Gasteiger partial charge in [0.05, 0.1) is 19.8 Å². The molecule has 2 unspecified atom stereocenters. The maximum atomic E-state index is 11.7. The third-order valence-corrected chi connectivity index (χ3v) is 2.13. The lowest BCUT2D eigenvalue weighted by molar-refractivity contribution is -0.156. The van der Waals surface area contributed by atoms with E-state index in [0.717, 1.165) is 0 Å². The van der Waals surface area contributed by atoms with Crippen LogP contribution in [0, 0.1) is 0 Å². The van der Waals surface area contributed by atoms with E-state index in [-0.39, 0.29) is 11.3 Å². The minimum Gasteiger partial charge on any atom is -0.376 e. The first-order valence-electron chi connectivity index (χ1n) is 4.69. The lowest BCUT2D eigenvalue weighted by Crippen LogP contribution is -2.45. The number of halogens is 1. The number of carbonyl (C=O) groups is 1. The Kier molecular flexibility index (Phi) is 4.65. The molecule has 0 bridgehead atoms. The normalized spacial score (nSPS) is 24.4. The molecule has 0 aromatic rings. The summed E-state index contributed by atoms with van der Waals surface area (Å²) in [5.74, 6) is -0.0581. The Bertz CT molecular complexity index is 192. The van der Waals surface area contributed by atoms with Crippen molar-refractivity contribution in [1.82, 2.24) is 4.90 Å². The predicted octanol–water partition coefficient (Wildman–Crippen LogP) is 0.487. The zero-order valence-corrected chi connectivity index (χ0v) is 9.29. The molecule has 0 N–H and O–H groups in total. The molecule has 0 aromatic heterocycles. The van der Waals surface area contributed by atoms with E-state index in [1.165, 1.54) is 0 Å². The summed E-state index contributed by atoms with van der Waals surface area (Å²) >= 11 is 5.79. The number of carbonyl (C=O) groups excluding carboxylic acids is 1. The first-order valence-corrected chi connectivity index (χ1v) is 5.13. The van der Waals surface area contributed by atoms with Crippen LogP contribution < -0.4 is 0 Å². The van der Waals surface area contributed by atoms with Crippen LogP contribution in [0.5, 0.6) is 0 Å². The van der Waals surface area contributed by atoms with E-state index in [2.05, 4.69) is 0 Å². The topological polar surface area (TPSA) is 38.8 Å². The molecule has 1 aliphatic rings. The highest BCUT2D eigenvalue weighted by molar-refractivity contribution is 6.20. The minimum absolute atomic E-state index is 0.0477. The Hall–Kier alpha value is -0.320. The molecule has 1 amide bonds. The largest absolute Gasteiger partial charge is 0.376 e. The Labute approximate surface area is 89.1 Å². The van der Waals surface area contributed by atoms with Crippen LogP contribution in [-0.4, -0.2) is 55.7 Å². The van der Waals surface area contributed by atoms with Gasteiger partial charge in [-0.15, -0.1) is 11.6 Å². The first-order chi connectivity index (χ1) is 6.61. The number of hydrogen-bond acceptors (Lipinski definition) is 3. The Morgan fingerprint density at radius 1 is 1.64 bits per heavy atom. The lowest BCUT2D eigenvalue weighted by Gasteiger charge is -2.27. The quantitative estimate of drug-likeness (QED) is 0.651. The van der Waals surface area contributed by atoms with Gasteiger partial charge in [-0.1, -0.05) is 0 Å². The Morgan fingerprint density at radius 2 is 2.36 bits per heavy atom. The van der Waals surface area contributed by atoms with Crippen LogP contribution in [0.3, 0.4) is 0 Å². The van der Waals surface area contributed by atoms with Crippen molar-refractivity contribution in [2.75, 3.05) is 33.4 Å². The average molecular weight is 222 g/mol. The van der Waals surface area contributed by atoms with Crippen LogP contribution in [0.2, 0.25) is 0 Å². The summed E-state index contributed by atoms with van der Waals surface area (Å²) in [4.78, 5) is 13.3. The molecule has 0 saturated carbocycles. The second kappa shape index (κ2) is 5.53. The fourth-order valence-electron chi connectivity index (χ4n) is 1.34. The minimum atomic E-state index is -0.454. The summed E-state index contributed by atoms with van der Waals surface area (Å²) in [5.41, 5.74) is 0. The molecule has 1 heterocycles. The van der Waals surface area contributed by atoms with Crippen LogP contribution >= 0.6 is 11.6 Å². The van der Waals surface area contributed by atoms with E-state index in [4.69, 9.17) is 21.1 Å². The van der Waals surface area contributed by atoms with Crippen molar-refractivity contribution in [2.24, 2.45) is 0 Å². The number of ether oxygens (including phenoxy) is 2. The van der Waals surface area contributed by atoms with Gasteiger partial charge >= 0.3 is 0 Å². The van der Waals surface area contributed by atoms with Crippen molar-refractivity contribution in [3.8, 4) is 0 Å². The summed E-state index contributed by atoms with van der Waals surface area (Å²) in [6.07, 6.45) is -0.454. The third-order valence-electron chi connectivity index (χ3n) is 1.99. The van der Waals surface area contributed by atoms with Gasteiger partial charge in [-0.2, -0.15) is 0 Å². The van der Waals surface area contributed by atoms with Crippen molar-refractivity contribution in [3.63, 3.8) is 0 Å². The Morgan fingerprint density at radius 3 is 2.86 bits per heavy atom. The number of alkyl halides is 1. The summed E-state index contributed by atoms with van der Waals surface area (Å²) in [6.45, 7) is 3.78. The molecular weight excluding hydrogens is 206 g/mol. The summed E-state index contributed by atoms with van der Waals surface area (Å²) in [7, 11) is 1.72. The smallest absolute Gasteiger partial charge is 0.253 e. The molecule has 82 valence electrons. The van der Waals surface area contributed by atoms with Crippen molar-refractivity contribution in [2.45, 2.75) is 18.4 Å². The third kappa shape index (κ3) is 3.44. The van der Waals surface area contributed by atoms with Gasteiger partial charge in [0.15, 0.2) is 6.10 Å². The van der Waals surface area contributed by atoms with E-state index in [1.807, 2.05) is 6.92 Å². The SMILES string of the molecule is CC(Cl)CN(C)C(=O)C1COCCO1. The molecule has 5 heteroatoms.